The van der Waals surface area contributed by atoms with Crippen LogP contribution >= 0.6 is 0 Å². The van der Waals surface area contributed by atoms with E-state index in [1.165, 1.54) is 6.20 Å². The van der Waals surface area contributed by atoms with E-state index in [4.69, 9.17) is 0 Å². The summed E-state index contributed by atoms with van der Waals surface area (Å²) in [6.45, 7) is 9.12. The molecule has 0 aromatic carbocycles. The Morgan fingerprint density at radius 2 is 1.70 bits per heavy atom. The minimum Gasteiger partial charge on any atom is -0.356 e. The Hall–Kier alpha value is -2.00. The Labute approximate surface area is 160 Å². The van der Waals surface area contributed by atoms with E-state index in [1.807, 2.05) is 0 Å². The summed E-state index contributed by atoms with van der Waals surface area (Å²) in [5.41, 5.74) is 0.990. The first-order valence-corrected chi connectivity index (χ1v) is 10.7. The Kier molecular flexibility index (Phi) is 4.27. The lowest BCUT2D eigenvalue weighted by atomic mass is 9.92. The molecule has 2 unspecified atom stereocenters. The van der Waals surface area contributed by atoms with E-state index in [9.17, 15) is 8.42 Å². The summed E-state index contributed by atoms with van der Waals surface area (Å²) < 4.78 is 28.9. The first-order valence-electron chi connectivity index (χ1n) is 9.21. The van der Waals surface area contributed by atoms with Crippen LogP contribution in [0.1, 0.15) is 26.5 Å². The minimum atomic E-state index is -3.54. The predicted octanol–water partition coefficient (Wildman–Crippen LogP) is 1.26. The van der Waals surface area contributed by atoms with Crippen LogP contribution in [0.25, 0.3) is 0 Å². The van der Waals surface area contributed by atoms with Gasteiger partial charge in [0.25, 0.3) is 10.0 Å². The van der Waals surface area contributed by atoms with Crippen LogP contribution in [0.2, 0.25) is 0 Å². The SMILES string of the molecule is Cn1ccnc1S(=O)(=O)N1CC2CN(c3cc(C(C)(C)C)ncn3)CC2C1. The maximum atomic E-state index is 12.9. The second-order valence-electron chi connectivity index (χ2n) is 8.58. The second kappa shape index (κ2) is 6.27. The summed E-state index contributed by atoms with van der Waals surface area (Å²) in [5, 5.41) is 0.116. The number of imidazole rings is 1. The van der Waals surface area contributed by atoms with Gasteiger partial charge in [0, 0.05) is 57.1 Å². The Bertz CT molecular complexity index is 935. The van der Waals surface area contributed by atoms with Crippen molar-refractivity contribution in [3.05, 3.63) is 30.5 Å². The molecule has 2 aromatic rings. The highest BCUT2D eigenvalue weighted by Gasteiger charge is 2.45. The van der Waals surface area contributed by atoms with E-state index in [1.54, 1.807) is 28.4 Å². The van der Waals surface area contributed by atoms with Crippen molar-refractivity contribution in [2.45, 2.75) is 31.3 Å². The van der Waals surface area contributed by atoms with Crippen LogP contribution in [0.4, 0.5) is 5.82 Å². The van der Waals surface area contributed by atoms with E-state index >= 15 is 0 Å². The number of hydrogen-bond donors (Lipinski definition) is 0. The highest BCUT2D eigenvalue weighted by atomic mass is 32.2. The van der Waals surface area contributed by atoms with E-state index in [-0.39, 0.29) is 10.6 Å². The van der Waals surface area contributed by atoms with Gasteiger partial charge in [-0.2, -0.15) is 4.31 Å². The number of hydrogen-bond acceptors (Lipinski definition) is 6. The fraction of sp³-hybridized carbons (Fsp3) is 0.611. The summed E-state index contributed by atoms with van der Waals surface area (Å²) >= 11 is 0. The fourth-order valence-electron chi connectivity index (χ4n) is 3.98. The van der Waals surface area contributed by atoms with Crippen LogP contribution < -0.4 is 4.90 Å². The van der Waals surface area contributed by atoms with Crippen LogP contribution in [0.5, 0.6) is 0 Å². The monoisotopic (exact) mass is 390 g/mol. The van der Waals surface area contributed by atoms with Crippen molar-refractivity contribution in [1.82, 2.24) is 23.8 Å². The fourth-order valence-corrected chi connectivity index (χ4v) is 5.60. The molecular weight excluding hydrogens is 364 g/mol. The molecule has 0 saturated carbocycles. The Morgan fingerprint density at radius 1 is 1.04 bits per heavy atom. The third kappa shape index (κ3) is 3.23. The molecule has 2 saturated heterocycles. The van der Waals surface area contributed by atoms with Crippen LogP contribution in [-0.4, -0.2) is 58.4 Å². The van der Waals surface area contributed by atoms with Gasteiger partial charge in [-0.3, -0.25) is 0 Å². The summed E-state index contributed by atoms with van der Waals surface area (Å²) in [4.78, 5) is 15.1. The maximum absolute atomic E-state index is 12.9. The van der Waals surface area contributed by atoms with Gasteiger partial charge in [-0.05, 0) is 11.8 Å². The molecule has 0 N–H and O–H groups in total. The Morgan fingerprint density at radius 3 is 2.26 bits per heavy atom. The van der Waals surface area contributed by atoms with Crippen LogP contribution in [-0.2, 0) is 22.5 Å². The molecule has 2 fully saturated rings. The number of aromatic nitrogens is 4. The molecule has 2 aromatic heterocycles. The minimum absolute atomic E-state index is 0.0275. The highest BCUT2D eigenvalue weighted by Crippen LogP contribution is 2.36. The van der Waals surface area contributed by atoms with Crippen molar-refractivity contribution in [2.75, 3.05) is 31.1 Å². The first-order chi connectivity index (χ1) is 12.7. The molecule has 27 heavy (non-hydrogen) atoms. The van der Waals surface area contributed by atoms with E-state index in [0.717, 1.165) is 24.6 Å². The van der Waals surface area contributed by atoms with Crippen molar-refractivity contribution in [3.8, 4) is 0 Å². The van der Waals surface area contributed by atoms with Gasteiger partial charge in [-0.15, -0.1) is 0 Å². The van der Waals surface area contributed by atoms with Crippen molar-refractivity contribution in [1.29, 1.82) is 0 Å². The average molecular weight is 391 g/mol. The molecule has 4 rings (SSSR count). The van der Waals surface area contributed by atoms with Crippen molar-refractivity contribution in [2.24, 2.45) is 18.9 Å². The molecule has 0 bridgehead atoms. The predicted molar refractivity (Wildman–Crippen MR) is 102 cm³/mol. The zero-order valence-electron chi connectivity index (χ0n) is 16.2. The largest absolute Gasteiger partial charge is 0.356 e. The van der Waals surface area contributed by atoms with Crippen molar-refractivity contribution < 1.29 is 8.42 Å². The molecule has 8 nitrogen and oxygen atoms in total. The number of fused-ring (bicyclic) bond motifs is 1. The normalized spacial score (nSPS) is 23.8. The second-order valence-corrected chi connectivity index (χ2v) is 10.4. The molecule has 2 aliphatic rings. The Balaban J connectivity index is 1.48. The lowest BCUT2D eigenvalue weighted by Gasteiger charge is -2.24. The van der Waals surface area contributed by atoms with Crippen LogP contribution in [0, 0.1) is 11.8 Å². The van der Waals surface area contributed by atoms with Gasteiger partial charge in [0.2, 0.25) is 5.16 Å². The zero-order valence-corrected chi connectivity index (χ0v) is 17.0. The van der Waals surface area contributed by atoms with Crippen molar-refractivity contribution in [3.63, 3.8) is 0 Å². The lowest BCUT2D eigenvalue weighted by Crippen LogP contribution is -2.34. The quantitative estimate of drug-likeness (QED) is 0.785. The highest BCUT2D eigenvalue weighted by molar-refractivity contribution is 7.89. The zero-order chi connectivity index (χ0) is 19.4. The van der Waals surface area contributed by atoms with Gasteiger partial charge in [-0.25, -0.2) is 23.4 Å². The smallest absolute Gasteiger partial charge is 0.277 e. The van der Waals surface area contributed by atoms with E-state index < -0.39 is 10.0 Å². The van der Waals surface area contributed by atoms with E-state index in [2.05, 4.69) is 46.7 Å². The summed E-state index contributed by atoms with van der Waals surface area (Å²) in [7, 11) is -1.83. The molecule has 4 heterocycles. The van der Waals surface area contributed by atoms with Gasteiger partial charge in [0.05, 0.1) is 5.69 Å². The number of sulfonamides is 1. The van der Waals surface area contributed by atoms with Gasteiger partial charge in [0.15, 0.2) is 0 Å². The van der Waals surface area contributed by atoms with Gasteiger partial charge < -0.3 is 9.47 Å². The molecule has 0 amide bonds. The topological polar surface area (TPSA) is 84.2 Å². The van der Waals surface area contributed by atoms with E-state index in [0.29, 0.717) is 24.9 Å². The van der Waals surface area contributed by atoms with Crippen molar-refractivity contribution >= 4 is 15.8 Å². The number of nitrogens with zero attached hydrogens (tertiary/aromatic N) is 6. The van der Waals surface area contributed by atoms with Crippen LogP contribution in [0.3, 0.4) is 0 Å². The van der Waals surface area contributed by atoms with Gasteiger partial charge in [-0.1, -0.05) is 20.8 Å². The third-order valence-electron chi connectivity index (χ3n) is 5.55. The summed E-state index contributed by atoms with van der Waals surface area (Å²) in [6.07, 6.45) is 4.81. The first kappa shape index (κ1) is 18.4. The molecular formula is C18H26N6O2S. The van der Waals surface area contributed by atoms with Crippen LogP contribution in [0.15, 0.2) is 29.9 Å². The average Bonchev–Trinajstić information content (AvgIpc) is 3.28. The molecule has 0 radical (unpaired) electrons. The van der Waals surface area contributed by atoms with Gasteiger partial charge >= 0.3 is 0 Å². The molecule has 2 atom stereocenters. The number of rotatable bonds is 3. The third-order valence-corrected chi connectivity index (χ3v) is 7.38. The molecule has 2 aliphatic heterocycles. The number of aryl methyl sites for hydroxylation is 1. The maximum Gasteiger partial charge on any atom is 0.277 e. The van der Waals surface area contributed by atoms with Gasteiger partial charge in [0.1, 0.15) is 12.1 Å². The summed E-state index contributed by atoms with van der Waals surface area (Å²) in [6, 6.07) is 2.06. The number of anilines is 1. The lowest BCUT2D eigenvalue weighted by molar-refractivity contribution is 0.444. The molecule has 0 spiro atoms. The molecule has 9 heteroatoms. The molecule has 0 aliphatic carbocycles. The summed E-state index contributed by atoms with van der Waals surface area (Å²) in [5.74, 6) is 1.56. The molecule has 146 valence electrons. The standard InChI is InChI=1S/C18H26N6O2S/c1-18(2,3)15-7-16(21-12-20-15)23-8-13-10-24(11-14(13)9-23)27(25,26)17-19-5-6-22(17)4/h5-7,12-14H,8-11H2,1-4H3.